The highest BCUT2D eigenvalue weighted by atomic mass is 32.2. The summed E-state index contributed by atoms with van der Waals surface area (Å²) in [6.45, 7) is 7.83. The predicted octanol–water partition coefficient (Wildman–Crippen LogP) is 2.37. The smallest absolute Gasteiger partial charge is 0.335 e. The van der Waals surface area contributed by atoms with Gasteiger partial charge in [0.15, 0.2) is 0 Å². The second-order valence-corrected chi connectivity index (χ2v) is 11.0. The van der Waals surface area contributed by atoms with Crippen LogP contribution < -0.4 is 9.21 Å². The topological polar surface area (TPSA) is 94.0 Å². The Morgan fingerprint density at radius 3 is 2.28 bits per heavy atom. The van der Waals surface area contributed by atoms with Crippen LogP contribution >= 0.6 is 0 Å². The minimum Gasteiger partial charge on any atom is -0.478 e. The number of hydrogen-bond acceptors (Lipinski definition) is 6. The SMILES string of the molecule is CC1CC1CN(CCCN(C)C)c1cc(C(=O)O)cc(N(C)S(=O)(=O)C(C)C)n1. The molecule has 0 aliphatic heterocycles. The van der Waals surface area contributed by atoms with Gasteiger partial charge in [0.1, 0.15) is 11.6 Å². The number of hydrogen-bond donors (Lipinski definition) is 1. The number of carboxylic acids is 1. The molecule has 29 heavy (non-hydrogen) atoms. The Morgan fingerprint density at radius 1 is 1.21 bits per heavy atom. The molecule has 2 atom stereocenters. The molecule has 0 aromatic carbocycles. The van der Waals surface area contributed by atoms with E-state index in [1.54, 1.807) is 19.9 Å². The Hall–Kier alpha value is -1.87. The average Bonchev–Trinajstić information content (AvgIpc) is 3.33. The molecule has 1 aromatic rings. The molecule has 9 heteroatoms. The molecule has 0 saturated heterocycles. The van der Waals surface area contributed by atoms with E-state index < -0.39 is 21.2 Å². The number of nitrogens with zero attached hydrogens (tertiary/aromatic N) is 4. The van der Waals surface area contributed by atoms with Crippen molar-refractivity contribution in [2.75, 3.05) is 50.0 Å². The lowest BCUT2D eigenvalue weighted by atomic mass is 10.2. The monoisotopic (exact) mass is 426 g/mol. The number of sulfonamides is 1. The third kappa shape index (κ3) is 6.05. The van der Waals surface area contributed by atoms with Gasteiger partial charge in [0.05, 0.1) is 10.8 Å². The van der Waals surface area contributed by atoms with Crippen molar-refractivity contribution < 1.29 is 18.3 Å². The molecule has 0 radical (unpaired) electrons. The van der Waals surface area contributed by atoms with Crippen molar-refractivity contribution in [3.8, 4) is 0 Å². The Kier molecular flexibility index (Phi) is 7.50. The fourth-order valence-corrected chi connectivity index (χ4v) is 4.20. The number of pyridine rings is 1. The molecule has 0 spiro atoms. The molecule has 1 saturated carbocycles. The summed E-state index contributed by atoms with van der Waals surface area (Å²) in [6.07, 6.45) is 2.06. The number of anilines is 2. The van der Waals surface area contributed by atoms with Crippen molar-refractivity contribution in [3.63, 3.8) is 0 Å². The molecular weight excluding hydrogens is 392 g/mol. The maximum Gasteiger partial charge on any atom is 0.335 e. The quantitative estimate of drug-likeness (QED) is 0.580. The average molecular weight is 427 g/mol. The highest BCUT2D eigenvalue weighted by Gasteiger charge is 2.34. The van der Waals surface area contributed by atoms with Crippen LogP contribution in [-0.4, -0.2) is 75.4 Å². The van der Waals surface area contributed by atoms with Crippen LogP contribution in [0.3, 0.4) is 0 Å². The van der Waals surface area contributed by atoms with Gasteiger partial charge in [-0.3, -0.25) is 4.31 Å². The van der Waals surface area contributed by atoms with Crippen molar-refractivity contribution in [2.24, 2.45) is 11.8 Å². The van der Waals surface area contributed by atoms with E-state index >= 15 is 0 Å². The van der Waals surface area contributed by atoms with Crippen molar-refractivity contribution in [1.82, 2.24) is 9.88 Å². The summed E-state index contributed by atoms with van der Waals surface area (Å²) in [5.41, 5.74) is 0.0391. The molecule has 1 aliphatic carbocycles. The number of rotatable bonds is 11. The van der Waals surface area contributed by atoms with E-state index in [0.29, 0.717) is 17.7 Å². The molecule has 1 aromatic heterocycles. The molecule has 0 bridgehead atoms. The Morgan fingerprint density at radius 2 is 1.79 bits per heavy atom. The third-order valence-electron chi connectivity index (χ3n) is 5.43. The Bertz CT molecular complexity index is 826. The summed E-state index contributed by atoms with van der Waals surface area (Å²) in [5.74, 6) is 0.763. The fraction of sp³-hybridized carbons (Fsp3) is 0.700. The van der Waals surface area contributed by atoms with Crippen LogP contribution in [-0.2, 0) is 10.0 Å². The number of carboxylic acid groups (broad SMARTS) is 1. The molecule has 2 rings (SSSR count). The molecular formula is C20H34N4O4S. The van der Waals surface area contributed by atoms with E-state index in [1.165, 1.54) is 13.1 Å². The lowest BCUT2D eigenvalue weighted by molar-refractivity contribution is 0.0696. The van der Waals surface area contributed by atoms with Gasteiger partial charge >= 0.3 is 5.97 Å². The van der Waals surface area contributed by atoms with Gasteiger partial charge in [0, 0.05) is 20.1 Å². The largest absolute Gasteiger partial charge is 0.478 e. The number of carbonyl (C=O) groups is 1. The lowest BCUT2D eigenvalue weighted by Gasteiger charge is -2.27. The standard InChI is InChI=1S/C20H34N4O4S/c1-14(2)29(27,28)23(6)18-11-16(20(25)26)12-19(21-18)24(9-7-8-22(4)5)13-17-10-15(17)3/h11-12,14-15,17H,7-10,13H2,1-6H3,(H,25,26). The summed E-state index contributed by atoms with van der Waals surface area (Å²) in [7, 11) is 1.84. The zero-order valence-electron chi connectivity index (χ0n) is 18.3. The number of aromatic carboxylic acids is 1. The van der Waals surface area contributed by atoms with Crippen LogP contribution in [0.5, 0.6) is 0 Å². The highest BCUT2D eigenvalue weighted by molar-refractivity contribution is 7.93. The van der Waals surface area contributed by atoms with E-state index in [2.05, 4.69) is 21.7 Å². The number of aromatic nitrogens is 1. The highest BCUT2D eigenvalue weighted by Crippen LogP contribution is 2.39. The Labute approximate surface area is 174 Å². The first kappa shape index (κ1) is 23.4. The summed E-state index contributed by atoms with van der Waals surface area (Å²) >= 11 is 0. The third-order valence-corrected chi connectivity index (χ3v) is 7.58. The van der Waals surface area contributed by atoms with E-state index in [-0.39, 0.29) is 11.4 Å². The van der Waals surface area contributed by atoms with Gasteiger partial charge in [-0.1, -0.05) is 6.92 Å². The normalized spacial score (nSPS) is 18.9. The van der Waals surface area contributed by atoms with E-state index in [9.17, 15) is 18.3 Å². The minimum atomic E-state index is -3.61. The van der Waals surface area contributed by atoms with Gasteiger partial charge < -0.3 is 14.9 Å². The van der Waals surface area contributed by atoms with Gasteiger partial charge in [-0.25, -0.2) is 18.2 Å². The first-order chi connectivity index (χ1) is 13.4. The maximum absolute atomic E-state index is 12.6. The van der Waals surface area contributed by atoms with Gasteiger partial charge in [-0.05, 0) is 71.3 Å². The molecule has 1 fully saturated rings. The molecule has 1 N–H and O–H groups in total. The second kappa shape index (κ2) is 9.30. The summed E-state index contributed by atoms with van der Waals surface area (Å²) in [6, 6.07) is 2.87. The minimum absolute atomic E-state index is 0.0391. The van der Waals surface area contributed by atoms with Gasteiger partial charge in [-0.15, -0.1) is 0 Å². The first-order valence-corrected chi connectivity index (χ1v) is 11.6. The van der Waals surface area contributed by atoms with Gasteiger partial charge in [0.2, 0.25) is 10.0 Å². The maximum atomic E-state index is 12.6. The van der Waals surface area contributed by atoms with Crippen molar-refractivity contribution in [3.05, 3.63) is 17.7 Å². The van der Waals surface area contributed by atoms with Crippen LogP contribution in [0.15, 0.2) is 12.1 Å². The van der Waals surface area contributed by atoms with Crippen LogP contribution in [0.25, 0.3) is 0 Å². The van der Waals surface area contributed by atoms with Crippen LogP contribution in [0.2, 0.25) is 0 Å². The van der Waals surface area contributed by atoms with E-state index in [0.717, 1.165) is 36.8 Å². The van der Waals surface area contributed by atoms with E-state index in [1.807, 2.05) is 14.1 Å². The van der Waals surface area contributed by atoms with Gasteiger partial charge in [-0.2, -0.15) is 0 Å². The summed E-state index contributed by atoms with van der Waals surface area (Å²) in [5, 5.41) is 8.94. The predicted molar refractivity (Wildman–Crippen MR) is 116 cm³/mol. The molecule has 2 unspecified atom stereocenters. The molecule has 1 heterocycles. The second-order valence-electron chi connectivity index (χ2n) is 8.51. The van der Waals surface area contributed by atoms with Crippen molar-refractivity contribution in [1.29, 1.82) is 0 Å². The summed E-state index contributed by atoms with van der Waals surface area (Å²) in [4.78, 5) is 20.5. The zero-order chi connectivity index (χ0) is 21.9. The van der Waals surface area contributed by atoms with E-state index in [4.69, 9.17) is 0 Å². The zero-order valence-corrected chi connectivity index (χ0v) is 19.1. The van der Waals surface area contributed by atoms with Gasteiger partial charge in [0.25, 0.3) is 0 Å². The molecule has 8 nitrogen and oxygen atoms in total. The van der Waals surface area contributed by atoms with Crippen molar-refractivity contribution in [2.45, 2.75) is 38.9 Å². The summed E-state index contributed by atoms with van der Waals surface area (Å²) < 4.78 is 26.3. The Balaban J connectivity index is 2.40. The van der Waals surface area contributed by atoms with Crippen molar-refractivity contribution >= 4 is 27.6 Å². The lowest BCUT2D eigenvalue weighted by Crippen LogP contribution is -2.35. The van der Waals surface area contributed by atoms with Crippen LogP contribution in [0.1, 0.15) is 44.0 Å². The first-order valence-electron chi connectivity index (χ1n) is 10.1. The fourth-order valence-electron chi connectivity index (χ4n) is 3.21. The molecule has 0 amide bonds. The molecule has 1 aliphatic rings. The van der Waals surface area contributed by atoms with Crippen LogP contribution in [0, 0.1) is 11.8 Å². The molecule has 164 valence electrons. The van der Waals surface area contributed by atoms with Crippen LogP contribution in [0.4, 0.5) is 11.6 Å².